The zero-order chi connectivity index (χ0) is 43.3. The summed E-state index contributed by atoms with van der Waals surface area (Å²) in [4.78, 5) is 70.7. The molecule has 4 heterocycles. The van der Waals surface area contributed by atoms with E-state index in [0.717, 1.165) is 49.4 Å². The van der Waals surface area contributed by atoms with Crippen LogP contribution in [0.1, 0.15) is 57.8 Å². The van der Waals surface area contributed by atoms with Crippen molar-refractivity contribution in [2.75, 3.05) is 26.4 Å². The third kappa shape index (κ3) is 8.50. The number of aromatic amines is 2. The number of imidazole rings is 2. The number of H-pyrrole nitrogens is 2. The fourth-order valence-corrected chi connectivity index (χ4v) is 11.4. The molecule has 5 N–H and O–H groups in total. The first-order valence-corrected chi connectivity index (χ1v) is 23.6. The number of carbonyl (C=O) groups is 4. The van der Waals surface area contributed by atoms with Crippen molar-refractivity contribution in [3.05, 3.63) is 72.4 Å². The van der Waals surface area contributed by atoms with Crippen LogP contribution in [-0.2, 0) is 19.1 Å². The maximum atomic E-state index is 14.8. The van der Waals surface area contributed by atoms with Crippen molar-refractivity contribution in [2.24, 2.45) is 11.8 Å². The number of fused-ring (bicyclic) bond motifs is 3. The van der Waals surface area contributed by atoms with Crippen molar-refractivity contribution in [1.29, 1.82) is 0 Å². The number of methoxy groups -OCH3 is 1. The summed E-state index contributed by atoms with van der Waals surface area (Å²) < 4.78 is 34.3. The van der Waals surface area contributed by atoms with E-state index < -0.39 is 69.6 Å². The van der Waals surface area contributed by atoms with Gasteiger partial charge in [-0.05, 0) is 52.1 Å². The molecule has 318 valence electrons. The van der Waals surface area contributed by atoms with Crippen molar-refractivity contribution in [1.82, 2.24) is 40.4 Å². The van der Waals surface area contributed by atoms with E-state index in [2.05, 4.69) is 49.5 Å². The van der Waals surface area contributed by atoms with Crippen LogP contribution in [0.4, 0.5) is 13.6 Å². The lowest BCUT2D eigenvalue weighted by atomic mass is 9.99. The molecule has 7 rings (SSSR count). The van der Waals surface area contributed by atoms with Gasteiger partial charge in [0.2, 0.25) is 17.7 Å². The fraction of sp³-hybridized carbons (Fsp3) is 0.442. The molecular weight excluding hydrogens is 791 g/mol. The number of nitrogens with zero attached hydrogens (tertiary/aromatic N) is 4. The number of aliphatic hydroxyl groups is 1. The third-order valence-corrected chi connectivity index (χ3v) is 14.3. The van der Waals surface area contributed by atoms with Crippen LogP contribution in [0, 0.1) is 11.8 Å². The Morgan fingerprint density at radius 2 is 1.53 bits per heavy atom. The van der Waals surface area contributed by atoms with Crippen LogP contribution in [0.15, 0.2) is 60.8 Å². The van der Waals surface area contributed by atoms with Gasteiger partial charge in [-0.25, -0.2) is 23.5 Å². The smallest absolute Gasteiger partial charge is 0.407 e. The lowest BCUT2D eigenvalue weighted by Crippen LogP contribution is -2.52. The first-order valence-electron chi connectivity index (χ1n) is 20.2. The van der Waals surface area contributed by atoms with Crippen LogP contribution in [-0.4, -0.2) is 111 Å². The molecule has 2 aliphatic rings. The number of alkyl halides is 2. The molecule has 17 heteroatoms. The number of aliphatic hydroxyl groups excluding tert-OH is 1. The van der Waals surface area contributed by atoms with Gasteiger partial charge < -0.3 is 40.2 Å². The van der Waals surface area contributed by atoms with E-state index >= 15 is 0 Å². The standard InChI is InChI=1S/C43H52F2N8O6Si/c1-23(2)35(49-34(55)19-54)41(57)53-22-60(6,7)20-33(53)39-47-30-15-13-28-16-27(12-14-29(28)37(30)50-39)25-8-10-26(11-9-25)31-18-46-38(48-31)32-17-43(44,45)21-52(32)40(56)36(24(3)4)51-42(58)59-5/h8-16,18,23-24,32-33,35-36,54H,17,19-22H2,1-7H3,(H,46,48)(H,47,50)(H,49,55)(H,51,58)/t32?,33-,35?,36-/m0/s1. The number of rotatable bonds is 11. The van der Waals surface area contributed by atoms with Crippen LogP contribution >= 0.6 is 0 Å². The molecule has 0 spiro atoms. The van der Waals surface area contributed by atoms with Crippen LogP contribution in [0.3, 0.4) is 0 Å². The second-order valence-corrected chi connectivity index (χ2v) is 22.5. The number of hydrogen-bond donors (Lipinski definition) is 5. The van der Waals surface area contributed by atoms with Gasteiger partial charge in [-0.2, -0.15) is 0 Å². The second-order valence-electron chi connectivity index (χ2n) is 17.5. The topological polar surface area (TPSA) is 186 Å². The summed E-state index contributed by atoms with van der Waals surface area (Å²) in [6, 6.07) is 15.7. The normalized spacial score (nSPS) is 19.6. The molecule has 2 aromatic heterocycles. The molecule has 0 radical (unpaired) electrons. The zero-order valence-corrected chi connectivity index (χ0v) is 35.8. The van der Waals surface area contributed by atoms with Crippen molar-refractivity contribution in [3.8, 4) is 22.4 Å². The van der Waals surface area contributed by atoms with E-state index in [4.69, 9.17) is 4.98 Å². The van der Waals surface area contributed by atoms with Crippen molar-refractivity contribution in [2.45, 2.75) is 83.3 Å². The lowest BCUT2D eigenvalue weighted by molar-refractivity contribution is -0.139. The number of carbonyl (C=O) groups excluding carboxylic acids is 4. The van der Waals surface area contributed by atoms with Gasteiger partial charge in [0.25, 0.3) is 5.92 Å². The highest BCUT2D eigenvalue weighted by Gasteiger charge is 2.50. The summed E-state index contributed by atoms with van der Waals surface area (Å²) in [7, 11) is -0.651. The first kappa shape index (κ1) is 42.4. The minimum absolute atomic E-state index is 0.171. The SMILES string of the molecule is COC(=O)N[C@H](C(=O)N1CC(F)(F)CC1c1ncc(-c2ccc(-c3ccc4c(ccc5[nH]c([C@@H]6C[Si](C)(C)CN6C(=O)C(NC(=O)CO)C(C)C)nc54)c3)cc2)[nH]1)C(C)C. The van der Waals surface area contributed by atoms with Gasteiger partial charge in [0.1, 0.15) is 30.3 Å². The number of benzene rings is 3. The van der Waals surface area contributed by atoms with Crippen LogP contribution in [0.5, 0.6) is 0 Å². The highest BCUT2D eigenvalue weighted by Crippen LogP contribution is 2.42. The van der Waals surface area contributed by atoms with Gasteiger partial charge in [0.15, 0.2) is 0 Å². The molecule has 60 heavy (non-hydrogen) atoms. The van der Waals surface area contributed by atoms with Crippen molar-refractivity contribution < 1.29 is 37.8 Å². The van der Waals surface area contributed by atoms with Gasteiger partial charge in [-0.3, -0.25) is 14.4 Å². The molecular formula is C43H52F2N8O6Si. The van der Waals surface area contributed by atoms with Crippen molar-refractivity contribution >= 4 is 53.7 Å². The van der Waals surface area contributed by atoms with E-state index in [9.17, 15) is 33.1 Å². The van der Waals surface area contributed by atoms with Crippen molar-refractivity contribution in [3.63, 3.8) is 0 Å². The van der Waals surface area contributed by atoms with E-state index in [-0.39, 0.29) is 29.6 Å². The molecule has 5 aromatic rings. The number of ether oxygens (including phenoxy) is 1. The molecule has 2 unspecified atom stereocenters. The molecule has 0 bridgehead atoms. The average Bonchev–Trinajstić information content (AvgIpc) is 4.01. The van der Waals surface area contributed by atoms with Gasteiger partial charge in [0.05, 0.1) is 56.7 Å². The van der Waals surface area contributed by atoms with E-state index in [1.807, 2.05) is 67.3 Å². The second kappa shape index (κ2) is 16.4. The Labute approximate surface area is 347 Å². The van der Waals surface area contributed by atoms with E-state index in [0.29, 0.717) is 17.7 Å². The number of nitrogens with one attached hydrogen (secondary N) is 4. The summed E-state index contributed by atoms with van der Waals surface area (Å²) >= 11 is 0. The number of hydrogen-bond acceptors (Lipinski definition) is 8. The summed E-state index contributed by atoms with van der Waals surface area (Å²) in [5, 5.41) is 16.5. The van der Waals surface area contributed by atoms with Gasteiger partial charge in [-0.15, -0.1) is 0 Å². The maximum Gasteiger partial charge on any atom is 0.407 e. The molecule has 2 saturated heterocycles. The molecule has 14 nitrogen and oxygen atoms in total. The number of likely N-dealkylation sites (tertiary alicyclic amines) is 1. The highest BCUT2D eigenvalue weighted by atomic mass is 28.3. The Bertz CT molecular complexity index is 2430. The Kier molecular flexibility index (Phi) is 11.6. The van der Waals surface area contributed by atoms with Gasteiger partial charge in [0, 0.05) is 18.0 Å². The highest BCUT2D eigenvalue weighted by molar-refractivity contribution is 6.78. The Balaban J connectivity index is 1.11. The maximum absolute atomic E-state index is 14.8. The molecule has 4 atom stereocenters. The minimum atomic E-state index is -3.14. The third-order valence-electron chi connectivity index (χ3n) is 11.6. The number of alkyl carbamates (subject to hydrolysis) is 1. The molecule has 0 saturated carbocycles. The minimum Gasteiger partial charge on any atom is -0.453 e. The molecule has 2 aliphatic heterocycles. The summed E-state index contributed by atoms with van der Waals surface area (Å²) in [5.41, 5.74) is 4.96. The van der Waals surface area contributed by atoms with Crippen LogP contribution in [0.2, 0.25) is 19.1 Å². The predicted octanol–water partition coefficient (Wildman–Crippen LogP) is 6.33. The number of halogens is 2. The molecule has 4 amide bonds. The Hall–Kier alpha value is -5.68. The number of amides is 4. The van der Waals surface area contributed by atoms with Crippen LogP contribution < -0.4 is 10.6 Å². The predicted molar refractivity (Wildman–Crippen MR) is 225 cm³/mol. The molecule has 3 aromatic carbocycles. The summed E-state index contributed by atoms with van der Waals surface area (Å²) in [5.74, 6) is -4.14. The lowest BCUT2D eigenvalue weighted by Gasteiger charge is -2.30. The molecule has 0 aliphatic carbocycles. The van der Waals surface area contributed by atoms with Crippen LogP contribution in [0.25, 0.3) is 44.2 Å². The zero-order valence-electron chi connectivity index (χ0n) is 34.8. The van der Waals surface area contributed by atoms with E-state index in [1.54, 1.807) is 20.0 Å². The summed E-state index contributed by atoms with van der Waals surface area (Å²) in [6.07, 6.45) is 0.772. The monoisotopic (exact) mass is 842 g/mol. The van der Waals surface area contributed by atoms with E-state index in [1.165, 1.54) is 7.11 Å². The van der Waals surface area contributed by atoms with Gasteiger partial charge >= 0.3 is 6.09 Å². The van der Waals surface area contributed by atoms with Gasteiger partial charge in [-0.1, -0.05) is 83.3 Å². The quantitative estimate of drug-likeness (QED) is 0.0956. The Morgan fingerprint density at radius 1 is 0.883 bits per heavy atom. The fourth-order valence-electron chi connectivity index (χ4n) is 8.48. The average molecular weight is 843 g/mol. The molecule has 2 fully saturated rings. The Morgan fingerprint density at radius 3 is 2.20 bits per heavy atom. The number of aromatic nitrogens is 4. The largest absolute Gasteiger partial charge is 0.453 e. The first-order chi connectivity index (χ1) is 28.4. The summed E-state index contributed by atoms with van der Waals surface area (Å²) in [6.45, 7) is 10.2.